The van der Waals surface area contributed by atoms with Gasteiger partial charge in [-0.3, -0.25) is 57.5 Å². The van der Waals surface area contributed by atoms with Crippen molar-refractivity contribution in [3.8, 4) is 34.5 Å². The van der Waals surface area contributed by atoms with Gasteiger partial charge in [-0.25, -0.2) is 9.59 Å². The van der Waals surface area contributed by atoms with Gasteiger partial charge in [0.1, 0.15) is 53.6 Å². The number of carbonyl (C=O) groups is 14. The highest BCUT2D eigenvalue weighted by molar-refractivity contribution is 9.10. The van der Waals surface area contributed by atoms with Gasteiger partial charge in [0.15, 0.2) is 18.9 Å². The van der Waals surface area contributed by atoms with Crippen LogP contribution in [0, 0.1) is 17.8 Å². The molecule has 36 heteroatoms. The second-order valence-electron chi connectivity index (χ2n) is 22.7. The van der Waals surface area contributed by atoms with Gasteiger partial charge in [0.2, 0.25) is 5.91 Å². The van der Waals surface area contributed by atoms with Crippen LogP contribution >= 0.6 is 15.9 Å². The van der Waals surface area contributed by atoms with Crippen molar-refractivity contribution in [3.63, 3.8) is 0 Å². The summed E-state index contributed by atoms with van der Waals surface area (Å²) in [6.07, 6.45) is -3.61. The maximum absolute atomic E-state index is 12.7. The van der Waals surface area contributed by atoms with E-state index in [0.29, 0.717) is 73.5 Å². The molecule has 12 N–H and O–H groups in total. The van der Waals surface area contributed by atoms with Gasteiger partial charge >= 0.3 is 59.9 Å². The lowest BCUT2D eigenvalue weighted by atomic mass is 9.93. The molecule has 110 heavy (non-hydrogen) atoms. The van der Waals surface area contributed by atoms with E-state index in [0.717, 1.165) is 13.2 Å². The van der Waals surface area contributed by atoms with E-state index >= 15 is 0 Å². The molecule has 0 unspecified atom stereocenters. The highest BCUT2D eigenvalue weighted by Crippen LogP contribution is 2.32. The first-order valence-electron chi connectivity index (χ1n) is 31.3. The number of carboxylic acids is 6. The molecule has 1 aliphatic heterocycles. The number of ether oxygens (including phenoxy) is 5. The fraction of sp³-hybridized carbons (Fsp3) is 0.270. The third kappa shape index (κ3) is 36.0. The van der Waals surface area contributed by atoms with Crippen molar-refractivity contribution in [1.82, 2.24) is 4.90 Å². The number of aromatic hydroxyl groups is 6. The minimum atomic E-state index is -4.55. The lowest BCUT2D eigenvalue weighted by Gasteiger charge is -2.25. The number of carbonyl (C=O) groups excluding carboxylic acids is 8. The van der Waals surface area contributed by atoms with Gasteiger partial charge in [0.05, 0.1) is 71.2 Å². The molecule has 592 valence electrons. The largest absolute Gasteiger partial charge is 0.508 e. The van der Waals surface area contributed by atoms with Crippen LogP contribution in [0.1, 0.15) is 113 Å². The zero-order chi connectivity index (χ0) is 83.7. The molecule has 0 spiro atoms. The minimum absolute atomic E-state index is 0.000463. The van der Waals surface area contributed by atoms with E-state index in [1.165, 1.54) is 119 Å². The number of phenolic OH excluding ortho intramolecular Hbond substituents is 6. The molecule has 0 bridgehead atoms. The van der Waals surface area contributed by atoms with Crippen LogP contribution in [0.25, 0.3) is 6.08 Å². The Morgan fingerprint density at radius 2 is 1.05 bits per heavy atom. The maximum Gasteiger partial charge on any atom is 0.406 e. The number of benzene rings is 6. The molecule has 6 aromatic carbocycles. The molecule has 0 aromatic heterocycles. The average molecular weight is 1610 g/mol. The summed E-state index contributed by atoms with van der Waals surface area (Å²) in [5, 5.41) is 107. The predicted molar refractivity (Wildman–Crippen MR) is 380 cm³/mol. The normalized spacial score (nSPS) is 12.3. The van der Waals surface area contributed by atoms with Gasteiger partial charge in [0.25, 0.3) is 0 Å². The summed E-state index contributed by atoms with van der Waals surface area (Å²) in [6.45, 7) is 1.35. The van der Waals surface area contributed by atoms with Crippen molar-refractivity contribution >= 4 is 107 Å². The number of fused-ring (bicyclic) bond motifs is 1. The van der Waals surface area contributed by atoms with E-state index < -0.39 is 116 Å². The van der Waals surface area contributed by atoms with Gasteiger partial charge in [0, 0.05) is 64.2 Å². The number of aliphatic carboxylic acids is 6. The Morgan fingerprint density at radius 1 is 0.545 bits per heavy atom. The number of nitrogens with zero attached hydrogens (tertiary/aromatic N) is 1. The highest BCUT2D eigenvalue weighted by Gasteiger charge is 2.39. The summed E-state index contributed by atoms with van der Waals surface area (Å²) < 4.78 is 62.8. The molecule has 7 rings (SSSR count). The lowest BCUT2D eigenvalue weighted by molar-refractivity contribution is -0.165. The first-order valence-corrected chi connectivity index (χ1v) is 32.1. The molecule has 1 amide bonds. The predicted octanol–water partition coefficient (Wildman–Crippen LogP) is 8.94. The number of alkyl halides is 3. The van der Waals surface area contributed by atoms with Gasteiger partial charge < -0.3 is 89.9 Å². The van der Waals surface area contributed by atoms with Crippen molar-refractivity contribution < 1.29 is 165 Å². The minimum Gasteiger partial charge on any atom is -0.508 e. The molecule has 0 saturated carbocycles. The Balaban J connectivity index is 0.000000659. The SMILES string of the molecule is C=C(CC(=O)O)C(=O)O.COC(=O)C[C@@H]1Cc2ccc(O)cc2CN(CC(F)(F)F)C1=O.COC(=O)C[C@H](Cc1ccc(O)cc1C=O)C(=O)OC.COC(OC)c1cc(O)ccc1C[C@@H](CC(=O)O)C(=O)O.O=Cc1cc(O)ccc1/C=C(\CC(=O)O)C(=O)O.O=Cc1cc(O)ccc1Br.O=Cc1cccc(O)c1. The van der Waals surface area contributed by atoms with E-state index in [4.69, 9.17) is 55.4 Å². The highest BCUT2D eigenvalue weighted by atomic mass is 79.9. The van der Waals surface area contributed by atoms with Crippen molar-refractivity contribution in [1.29, 1.82) is 0 Å². The molecule has 0 aliphatic carbocycles. The smallest absolute Gasteiger partial charge is 0.406 e. The lowest BCUT2D eigenvalue weighted by Crippen LogP contribution is -2.41. The van der Waals surface area contributed by atoms with Crippen molar-refractivity contribution in [2.45, 2.75) is 70.4 Å². The second kappa shape index (κ2) is 48.4. The Morgan fingerprint density at radius 3 is 1.52 bits per heavy atom. The standard InChI is InChI=1S/C15H16F3NO4.C14H18O7.C14H16O6.C12H10O6.C7H5BrO2.C7H6O2.C5H6O4/c1-23-13(21)6-10-4-9-2-3-12(20)5-11(9)7-19(14(10)22)8-15(16,17)18;1-20-14(21-2)11-7-10(15)4-3-8(11)5-9(13(18)19)6-12(16)17;1-19-13(17)7-10(14(18)20-2)5-9-3-4-12(16)6-11(9)8-15;13-6-9-4-10(14)2-1-7(9)3-8(12(17)18)5-11(15)16;8-7-2-1-6(10)3-5(7)4-9;8-5-6-2-1-3-7(9)4-6;1-3(5(8)9)2-4(6)7/h2-3,5,10,20H,4,6-8H2,1H3;3-4,7,9,14-15H,5-6H2,1-2H3,(H,16,17)(H,18,19);3-4,6,8,10,16H,5,7H2,1-2H3;1-4,6,14H,5H2,(H,15,16)(H,17,18);1-4,10H;1-5,9H;1-2H2,(H,6,7)(H,8,9)/b;;;8-3+;;;/t10-;9-;10-;;;;/m000..../s1. The molecular formula is C74H77BrF3NO31. The topological polar surface area (TPSA) is 531 Å². The van der Waals surface area contributed by atoms with E-state index in [9.17, 15) is 95.6 Å². The summed E-state index contributed by atoms with van der Waals surface area (Å²) in [6, 6.07) is 27.4. The molecule has 32 nitrogen and oxygen atoms in total. The van der Waals surface area contributed by atoms with E-state index in [2.05, 4.69) is 36.7 Å². The molecule has 3 atom stereocenters. The fourth-order valence-electron chi connectivity index (χ4n) is 9.35. The number of hydrogen-bond acceptors (Lipinski definition) is 25. The number of methoxy groups -OCH3 is 5. The van der Waals surface area contributed by atoms with Gasteiger partial charge in [-0.05, 0) is 132 Å². The van der Waals surface area contributed by atoms with Crippen LogP contribution in [0.4, 0.5) is 13.2 Å². The Hall–Kier alpha value is -12.8. The van der Waals surface area contributed by atoms with Crippen LogP contribution in [-0.2, 0) is 97.4 Å². The summed E-state index contributed by atoms with van der Waals surface area (Å²) in [5.41, 5.74) is 3.53. The average Bonchev–Trinajstić information content (AvgIpc) is 1.70. The summed E-state index contributed by atoms with van der Waals surface area (Å²) in [4.78, 5) is 152. The Labute approximate surface area is 632 Å². The van der Waals surface area contributed by atoms with Crippen molar-refractivity contribution in [3.05, 3.63) is 193 Å². The first-order chi connectivity index (χ1) is 51.6. The molecule has 1 heterocycles. The number of esters is 3. The number of amides is 1. The number of aldehydes is 4. The third-order valence-corrected chi connectivity index (χ3v) is 15.3. The van der Waals surface area contributed by atoms with Crippen LogP contribution < -0.4 is 0 Å². The fourth-order valence-corrected chi connectivity index (χ4v) is 9.69. The van der Waals surface area contributed by atoms with Crippen LogP contribution in [0.3, 0.4) is 0 Å². The molecule has 6 aromatic rings. The van der Waals surface area contributed by atoms with Crippen LogP contribution in [-0.4, -0.2) is 199 Å². The zero-order valence-electron chi connectivity index (χ0n) is 59.0. The number of phenols is 6. The molecule has 1 aliphatic rings. The summed E-state index contributed by atoms with van der Waals surface area (Å²) >= 11 is 3.15. The van der Waals surface area contributed by atoms with E-state index in [-0.39, 0.29) is 101 Å². The van der Waals surface area contributed by atoms with E-state index in [1.807, 2.05) is 0 Å². The summed E-state index contributed by atoms with van der Waals surface area (Å²) in [5.74, 6) is -12.8. The first kappa shape index (κ1) is 95.2. The Kier molecular flexibility index (Phi) is 41.9. The molecule has 0 saturated heterocycles. The zero-order valence-corrected chi connectivity index (χ0v) is 60.6. The summed E-state index contributed by atoms with van der Waals surface area (Å²) in [7, 11) is 6.43. The molecular weight excluding hydrogens is 1540 g/mol. The van der Waals surface area contributed by atoms with Gasteiger partial charge in [-0.1, -0.05) is 58.9 Å². The number of hydrogen-bond donors (Lipinski definition) is 12. The third-order valence-electron chi connectivity index (χ3n) is 14.6. The van der Waals surface area contributed by atoms with Crippen LogP contribution in [0.5, 0.6) is 34.5 Å². The number of carboxylic acid groups (broad SMARTS) is 6. The van der Waals surface area contributed by atoms with Gasteiger partial charge in [-0.2, -0.15) is 13.2 Å². The Bertz CT molecular complexity index is 4270. The molecule has 0 radical (unpaired) electrons. The number of rotatable bonds is 27. The van der Waals surface area contributed by atoms with Crippen molar-refractivity contribution in [2.75, 3.05) is 42.1 Å². The van der Waals surface area contributed by atoms with Crippen LogP contribution in [0.15, 0.2) is 137 Å². The van der Waals surface area contributed by atoms with Crippen LogP contribution in [0.2, 0.25) is 0 Å². The quantitative estimate of drug-likeness (QED) is 0.00752. The monoisotopic (exact) mass is 1610 g/mol. The second-order valence-corrected chi connectivity index (χ2v) is 23.5. The number of halogens is 4. The van der Waals surface area contributed by atoms with Crippen molar-refractivity contribution in [2.24, 2.45) is 17.8 Å². The van der Waals surface area contributed by atoms with Gasteiger partial charge in [-0.15, -0.1) is 0 Å². The van der Waals surface area contributed by atoms with E-state index in [1.54, 1.807) is 24.3 Å². The molecule has 0 fully saturated rings. The maximum atomic E-state index is 12.7.